The SMILES string of the molecule is COc1ccc(CCNCC(=O)Nc2cccc(Br)c2)cc1OC. The van der Waals surface area contributed by atoms with Gasteiger partial charge in [0.2, 0.25) is 5.91 Å². The lowest BCUT2D eigenvalue weighted by atomic mass is 10.1. The number of anilines is 1. The number of benzene rings is 2. The standard InChI is InChI=1S/C18H21BrN2O3/c1-23-16-7-6-13(10-17(16)24-2)8-9-20-12-18(22)21-15-5-3-4-14(19)11-15/h3-7,10-11,20H,8-9,12H2,1-2H3,(H,21,22). The van der Waals surface area contributed by atoms with Gasteiger partial charge >= 0.3 is 0 Å². The molecule has 2 N–H and O–H groups in total. The number of hydrogen-bond acceptors (Lipinski definition) is 4. The van der Waals surface area contributed by atoms with Crippen LogP contribution in [0, 0.1) is 0 Å². The van der Waals surface area contributed by atoms with Crippen LogP contribution in [-0.4, -0.2) is 33.2 Å². The number of hydrogen-bond donors (Lipinski definition) is 2. The molecule has 0 saturated carbocycles. The third-order valence-corrected chi connectivity index (χ3v) is 3.93. The second-order valence-corrected chi connectivity index (χ2v) is 6.09. The topological polar surface area (TPSA) is 59.6 Å². The van der Waals surface area contributed by atoms with Crippen molar-refractivity contribution >= 4 is 27.5 Å². The molecule has 0 aromatic heterocycles. The molecule has 0 aliphatic rings. The van der Waals surface area contributed by atoms with Crippen LogP contribution < -0.4 is 20.1 Å². The fraction of sp³-hybridized carbons (Fsp3) is 0.278. The molecule has 2 aromatic carbocycles. The molecular weight excluding hydrogens is 372 g/mol. The number of carbonyl (C=O) groups excluding carboxylic acids is 1. The molecule has 2 rings (SSSR count). The van der Waals surface area contributed by atoms with Crippen LogP contribution in [0.4, 0.5) is 5.69 Å². The van der Waals surface area contributed by atoms with Crippen LogP contribution in [0.5, 0.6) is 11.5 Å². The average Bonchev–Trinajstić information content (AvgIpc) is 2.58. The molecule has 0 heterocycles. The number of rotatable bonds is 8. The summed E-state index contributed by atoms with van der Waals surface area (Å²) in [6.07, 6.45) is 0.796. The minimum atomic E-state index is -0.0691. The van der Waals surface area contributed by atoms with Crippen molar-refractivity contribution in [3.63, 3.8) is 0 Å². The van der Waals surface area contributed by atoms with Crippen LogP contribution in [-0.2, 0) is 11.2 Å². The number of carbonyl (C=O) groups is 1. The van der Waals surface area contributed by atoms with E-state index in [2.05, 4.69) is 26.6 Å². The Balaban J connectivity index is 1.75. The second-order valence-electron chi connectivity index (χ2n) is 5.17. The Kier molecular flexibility index (Phi) is 7.08. The van der Waals surface area contributed by atoms with Crippen molar-refractivity contribution in [1.29, 1.82) is 0 Å². The van der Waals surface area contributed by atoms with Gasteiger partial charge in [-0.05, 0) is 48.9 Å². The molecule has 5 nitrogen and oxygen atoms in total. The lowest BCUT2D eigenvalue weighted by Gasteiger charge is -2.10. The smallest absolute Gasteiger partial charge is 0.238 e. The summed E-state index contributed by atoms with van der Waals surface area (Å²) in [5.74, 6) is 1.35. The van der Waals surface area contributed by atoms with Gasteiger partial charge < -0.3 is 20.1 Å². The van der Waals surface area contributed by atoms with Crippen molar-refractivity contribution in [3.8, 4) is 11.5 Å². The van der Waals surface area contributed by atoms with E-state index in [0.29, 0.717) is 18.0 Å². The van der Waals surface area contributed by atoms with Crippen LogP contribution in [0.3, 0.4) is 0 Å². The van der Waals surface area contributed by atoms with Crippen LogP contribution in [0.1, 0.15) is 5.56 Å². The van der Waals surface area contributed by atoms with Gasteiger partial charge in [0.1, 0.15) is 0 Å². The van der Waals surface area contributed by atoms with E-state index >= 15 is 0 Å². The highest BCUT2D eigenvalue weighted by Crippen LogP contribution is 2.27. The van der Waals surface area contributed by atoms with Crippen LogP contribution in [0.15, 0.2) is 46.9 Å². The van der Waals surface area contributed by atoms with Gasteiger partial charge in [-0.15, -0.1) is 0 Å². The van der Waals surface area contributed by atoms with E-state index in [1.807, 2.05) is 42.5 Å². The molecule has 2 aromatic rings. The number of methoxy groups -OCH3 is 2. The van der Waals surface area contributed by atoms with Crippen LogP contribution in [0.25, 0.3) is 0 Å². The molecule has 24 heavy (non-hydrogen) atoms. The molecular formula is C18H21BrN2O3. The minimum absolute atomic E-state index is 0.0691. The summed E-state index contributed by atoms with van der Waals surface area (Å²) in [4.78, 5) is 11.9. The zero-order chi connectivity index (χ0) is 17.4. The van der Waals surface area contributed by atoms with E-state index in [1.165, 1.54) is 0 Å². The molecule has 0 radical (unpaired) electrons. The molecule has 0 aliphatic carbocycles. The quantitative estimate of drug-likeness (QED) is 0.677. The van der Waals surface area contributed by atoms with Crippen molar-refractivity contribution < 1.29 is 14.3 Å². The molecule has 1 amide bonds. The average molecular weight is 393 g/mol. The highest BCUT2D eigenvalue weighted by Gasteiger charge is 2.05. The monoisotopic (exact) mass is 392 g/mol. The van der Waals surface area contributed by atoms with Crippen LogP contribution in [0.2, 0.25) is 0 Å². The highest BCUT2D eigenvalue weighted by atomic mass is 79.9. The van der Waals surface area contributed by atoms with Crippen molar-refractivity contribution in [2.24, 2.45) is 0 Å². The van der Waals surface area contributed by atoms with Crippen molar-refractivity contribution in [1.82, 2.24) is 5.32 Å². The van der Waals surface area contributed by atoms with Gasteiger partial charge in [0.25, 0.3) is 0 Å². The molecule has 0 fully saturated rings. The zero-order valence-electron chi connectivity index (χ0n) is 13.8. The summed E-state index contributed by atoms with van der Waals surface area (Å²) in [6, 6.07) is 13.3. The Morgan fingerprint density at radius 1 is 1.08 bits per heavy atom. The lowest BCUT2D eigenvalue weighted by molar-refractivity contribution is -0.115. The predicted molar refractivity (Wildman–Crippen MR) is 98.9 cm³/mol. The Hall–Kier alpha value is -2.05. The fourth-order valence-corrected chi connectivity index (χ4v) is 2.64. The van der Waals surface area contributed by atoms with Crippen molar-refractivity contribution in [2.75, 3.05) is 32.6 Å². The summed E-state index contributed by atoms with van der Waals surface area (Å²) in [7, 11) is 3.23. The summed E-state index contributed by atoms with van der Waals surface area (Å²) < 4.78 is 11.4. The second kappa shape index (κ2) is 9.30. The van der Waals surface area contributed by atoms with E-state index in [4.69, 9.17) is 9.47 Å². The normalized spacial score (nSPS) is 10.3. The first kappa shape index (κ1) is 18.3. The van der Waals surface area contributed by atoms with E-state index < -0.39 is 0 Å². The first-order valence-corrected chi connectivity index (χ1v) is 8.38. The highest BCUT2D eigenvalue weighted by molar-refractivity contribution is 9.10. The van der Waals surface area contributed by atoms with E-state index in [9.17, 15) is 4.79 Å². The van der Waals surface area contributed by atoms with E-state index in [0.717, 1.165) is 22.1 Å². The van der Waals surface area contributed by atoms with E-state index in [-0.39, 0.29) is 12.5 Å². The molecule has 6 heteroatoms. The van der Waals surface area contributed by atoms with Gasteiger partial charge in [0.15, 0.2) is 11.5 Å². The maximum Gasteiger partial charge on any atom is 0.238 e. The summed E-state index contributed by atoms with van der Waals surface area (Å²) in [5, 5.41) is 5.99. The number of ether oxygens (including phenoxy) is 2. The lowest BCUT2D eigenvalue weighted by Crippen LogP contribution is -2.29. The first-order valence-electron chi connectivity index (χ1n) is 7.59. The molecule has 128 valence electrons. The third kappa shape index (κ3) is 5.54. The summed E-state index contributed by atoms with van der Waals surface area (Å²) in [6.45, 7) is 0.960. The molecule has 0 aliphatic heterocycles. The fourth-order valence-electron chi connectivity index (χ4n) is 2.24. The Morgan fingerprint density at radius 2 is 1.88 bits per heavy atom. The largest absolute Gasteiger partial charge is 0.493 e. The van der Waals surface area contributed by atoms with Crippen LogP contribution >= 0.6 is 15.9 Å². The summed E-state index contributed by atoms with van der Waals surface area (Å²) in [5.41, 5.74) is 1.89. The minimum Gasteiger partial charge on any atom is -0.493 e. The van der Waals surface area contributed by atoms with Crippen molar-refractivity contribution in [2.45, 2.75) is 6.42 Å². The molecule has 0 spiro atoms. The molecule has 0 atom stereocenters. The first-order chi connectivity index (χ1) is 11.6. The van der Waals surface area contributed by atoms with Gasteiger partial charge in [-0.1, -0.05) is 28.1 Å². The van der Waals surface area contributed by atoms with Gasteiger partial charge in [0.05, 0.1) is 20.8 Å². The van der Waals surface area contributed by atoms with Gasteiger partial charge in [0, 0.05) is 10.2 Å². The van der Waals surface area contributed by atoms with Gasteiger partial charge in [-0.3, -0.25) is 4.79 Å². The molecule has 0 bridgehead atoms. The van der Waals surface area contributed by atoms with Gasteiger partial charge in [-0.2, -0.15) is 0 Å². The predicted octanol–water partition coefficient (Wildman–Crippen LogP) is 3.24. The maximum absolute atomic E-state index is 11.9. The number of nitrogens with one attached hydrogen (secondary N) is 2. The Bertz CT molecular complexity index is 692. The molecule has 0 unspecified atom stereocenters. The maximum atomic E-state index is 11.9. The van der Waals surface area contributed by atoms with Gasteiger partial charge in [-0.25, -0.2) is 0 Å². The Morgan fingerprint density at radius 3 is 2.58 bits per heavy atom. The van der Waals surface area contributed by atoms with E-state index in [1.54, 1.807) is 14.2 Å². The molecule has 0 saturated heterocycles. The third-order valence-electron chi connectivity index (χ3n) is 3.43. The number of halogens is 1. The zero-order valence-corrected chi connectivity index (χ0v) is 15.4. The number of amides is 1. The van der Waals surface area contributed by atoms with Crippen molar-refractivity contribution in [3.05, 3.63) is 52.5 Å². The Labute approximate surface area is 150 Å². The summed E-state index contributed by atoms with van der Waals surface area (Å²) >= 11 is 3.38.